The van der Waals surface area contributed by atoms with Crippen molar-refractivity contribution in [2.24, 2.45) is 0 Å². The molecule has 2 aromatic carbocycles. The molecule has 0 radical (unpaired) electrons. The molecule has 0 unspecified atom stereocenters. The fraction of sp³-hybridized carbons (Fsp3) is 0.190. The summed E-state index contributed by atoms with van der Waals surface area (Å²) >= 11 is 0. The van der Waals surface area contributed by atoms with E-state index in [0.717, 1.165) is 35.8 Å². The van der Waals surface area contributed by atoms with Gasteiger partial charge in [0.15, 0.2) is 0 Å². The maximum Gasteiger partial charge on any atom is 0.124 e. The van der Waals surface area contributed by atoms with Gasteiger partial charge in [-0.1, -0.05) is 54.6 Å². The molecule has 0 aliphatic heterocycles. The molecule has 0 saturated carbocycles. The molecule has 1 heterocycles. The smallest absolute Gasteiger partial charge is 0.124 e. The van der Waals surface area contributed by atoms with Gasteiger partial charge in [0.1, 0.15) is 12.4 Å². The van der Waals surface area contributed by atoms with Crippen LogP contribution in [0.1, 0.15) is 22.5 Å². The maximum atomic E-state index is 5.99. The minimum atomic E-state index is 0.581. The van der Waals surface area contributed by atoms with E-state index in [-0.39, 0.29) is 0 Å². The van der Waals surface area contributed by atoms with Gasteiger partial charge >= 0.3 is 0 Å². The highest BCUT2D eigenvalue weighted by Gasteiger charge is 2.04. The van der Waals surface area contributed by atoms with E-state index in [0.29, 0.717) is 6.61 Å². The second kappa shape index (κ2) is 8.27. The Labute approximate surface area is 143 Å². The van der Waals surface area contributed by atoms with Crippen LogP contribution < -0.4 is 10.1 Å². The second-order valence-corrected chi connectivity index (χ2v) is 5.76. The number of nitrogens with one attached hydrogen (secondary N) is 1. The average molecular weight is 318 g/mol. The quantitative estimate of drug-likeness (QED) is 0.707. The summed E-state index contributed by atoms with van der Waals surface area (Å²) in [5.74, 6) is 0.922. The van der Waals surface area contributed by atoms with Gasteiger partial charge < -0.3 is 10.1 Å². The van der Waals surface area contributed by atoms with Gasteiger partial charge in [0, 0.05) is 24.3 Å². The highest BCUT2D eigenvalue weighted by atomic mass is 16.5. The molecular formula is C21H22N2O. The lowest BCUT2D eigenvalue weighted by molar-refractivity contribution is 0.302. The van der Waals surface area contributed by atoms with E-state index in [2.05, 4.69) is 28.5 Å². The summed E-state index contributed by atoms with van der Waals surface area (Å²) in [5, 5.41) is 3.44. The number of nitrogens with zero attached hydrogens (tertiary/aromatic N) is 1. The van der Waals surface area contributed by atoms with Crippen molar-refractivity contribution in [1.82, 2.24) is 10.3 Å². The minimum absolute atomic E-state index is 0.581. The monoisotopic (exact) mass is 318 g/mol. The molecule has 0 bridgehead atoms. The normalized spacial score (nSPS) is 10.5. The first-order chi connectivity index (χ1) is 11.8. The van der Waals surface area contributed by atoms with Gasteiger partial charge in [-0.25, -0.2) is 0 Å². The number of pyridine rings is 1. The summed E-state index contributed by atoms with van der Waals surface area (Å²) in [5.41, 5.74) is 4.42. The molecule has 3 nitrogen and oxygen atoms in total. The van der Waals surface area contributed by atoms with Crippen LogP contribution >= 0.6 is 0 Å². The first kappa shape index (κ1) is 16.2. The zero-order chi connectivity index (χ0) is 16.6. The predicted molar refractivity (Wildman–Crippen MR) is 96.7 cm³/mol. The van der Waals surface area contributed by atoms with Crippen LogP contribution in [0.4, 0.5) is 0 Å². The third-order valence-corrected chi connectivity index (χ3v) is 3.78. The standard InChI is InChI=1S/C21H22N2O/c1-17-8-7-12-20(23-17)15-22-14-19-11-5-6-13-21(19)24-16-18-9-3-2-4-10-18/h2-13,22H,14-16H2,1H3. The maximum absolute atomic E-state index is 5.99. The third-order valence-electron chi connectivity index (χ3n) is 3.78. The predicted octanol–water partition coefficient (Wildman–Crippen LogP) is 4.26. The van der Waals surface area contributed by atoms with E-state index in [1.807, 2.05) is 61.5 Å². The fourth-order valence-corrected chi connectivity index (χ4v) is 2.55. The molecule has 3 heteroatoms. The Hall–Kier alpha value is -2.65. The highest BCUT2D eigenvalue weighted by Crippen LogP contribution is 2.19. The molecule has 24 heavy (non-hydrogen) atoms. The summed E-state index contributed by atoms with van der Waals surface area (Å²) < 4.78 is 5.99. The number of benzene rings is 2. The summed E-state index contributed by atoms with van der Waals surface area (Å²) in [6.45, 7) is 4.09. The van der Waals surface area contributed by atoms with Gasteiger partial charge in [-0.2, -0.15) is 0 Å². The Morgan fingerprint density at radius 2 is 1.62 bits per heavy atom. The van der Waals surface area contributed by atoms with E-state index < -0.39 is 0 Å². The fourth-order valence-electron chi connectivity index (χ4n) is 2.55. The van der Waals surface area contributed by atoms with Gasteiger partial charge in [0.05, 0.1) is 5.69 Å². The Balaban J connectivity index is 1.57. The lowest BCUT2D eigenvalue weighted by atomic mass is 10.2. The number of rotatable bonds is 7. The summed E-state index contributed by atoms with van der Waals surface area (Å²) in [7, 11) is 0. The summed E-state index contributed by atoms with van der Waals surface area (Å²) in [6, 6.07) is 24.5. The van der Waals surface area contributed by atoms with Crippen molar-refractivity contribution in [3.05, 3.63) is 95.3 Å². The third kappa shape index (κ3) is 4.67. The molecule has 1 N–H and O–H groups in total. The Bertz CT molecular complexity index is 772. The number of hydrogen-bond acceptors (Lipinski definition) is 3. The molecule has 1 aromatic heterocycles. The molecule has 0 spiro atoms. The van der Waals surface area contributed by atoms with E-state index in [1.54, 1.807) is 0 Å². The highest BCUT2D eigenvalue weighted by molar-refractivity contribution is 5.33. The van der Waals surface area contributed by atoms with Gasteiger partial charge in [-0.3, -0.25) is 4.98 Å². The van der Waals surface area contributed by atoms with Crippen molar-refractivity contribution >= 4 is 0 Å². The van der Waals surface area contributed by atoms with Crippen LogP contribution in [-0.4, -0.2) is 4.98 Å². The Kier molecular flexibility index (Phi) is 5.59. The van der Waals surface area contributed by atoms with E-state index in [1.165, 1.54) is 5.56 Å². The molecule has 0 aliphatic rings. The van der Waals surface area contributed by atoms with Crippen LogP contribution in [0, 0.1) is 6.92 Å². The van der Waals surface area contributed by atoms with Crippen molar-refractivity contribution in [2.75, 3.05) is 0 Å². The van der Waals surface area contributed by atoms with Crippen LogP contribution in [-0.2, 0) is 19.7 Å². The van der Waals surface area contributed by atoms with Gasteiger partial charge in [0.25, 0.3) is 0 Å². The number of aromatic nitrogens is 1. The van der Waals surface area contributed by atoms with Crippen molar-refractivity contribution in [1.29, 1.82) is 0 Å². The molecule has 0 saturated heterocycles. The molecule has 122 valence electrons. The van der Waals surface area contributed by atoms with Crippen LogP contribution in [0.25, 0.3) is 0 Å². The van der Waals surface area contributed by atoms with Crippen molar-refractivity contribution < 1.29 is 4.74 Å². The number of hydrogen-bond donors (Lipinski definition) is 1. The molecule has 3 aromatic rings. The van der Waals surface area contributed by atoms with E-state index in [4.69, 9.17) is 4.74 Å². The molecule has 0 atom stereocenters. The first-order valence-corrected chi connectivity index (χ1v) is 8.19. The molecule has 0 fully saturated rings. The van der Waals surface area contributed by atoms with Gasteiger partial charge in [-0.05, 0) is 30.7 Å². The number of ether oxygens (including phenoxy) is 1. The first-order valence-electron chi connectivity index (χ1n) is 8.19. The van der Waals surface area contributed by atoms with Gasteiger partial charge in [-0.15, -0.1) is 0 Å². The van der Waals surface area contributed by atoms with Gasteiger partial charge in [0.2, 0.25) is 0 Å². The van der Waals surface area contributed by atoms with E-state index >= 15 is 0 Å². The zero-order valence-corrected chi connectivity index (χ0v) is 13.9. The number of para-hydroxylation sites is 1. The molecule has 0 amide bonds. The lowest BCUT2D eigenvalue weighted by Crippen LogP contribution is -2.14. The molecule has 0 aliphatic carbocycles. The minimum Gasteiger partial charge on any atom is -0.489 e. The number of aryl methyl sites for hydroxylation is 1. The second-order valence-electron chi connectivity index (χ2n) is 5.76. The summed E-state index contributed by atoms with van der Waals surface area (Å²) in [6.07, 6.45) is 0. The largest absolute Gasteiger partial charge is 0.489 e. The van der Waals surface area contributed by atoms with Crippen LogP contribution in [0.2, 0.25) is 0 Å². The van der Waals surface area contributed by atoms with Crippen LogP contribution in [0.5, 0.6) is 5.75 Å². The topological polar surface area (TPSA) is 34.1 Å². The molecular weight excluding hydrogens is 296 g/mol. The van der Waals surface area contributed by atoms with Crippen molar-refractivity contribution in [3.8, 4) is 5.75 Å². The van der Waals surface area contributed by atoms with Crippen molar-refractivity contribution in [2.45, 2.75) is 26.6 Å². The zero-order valence-electron chi connectivity index (χ0n) is 13.9. The Morgan fingerprint density at radius 3 is 2.46 bits per heavy atom. The van der Waals surface area contributed by atoms with Crippen LogP contribution in [0.15, 0.2) is 72.8 Å². The SMILES string of the molecule is Cc1cccc(CNCc2ccccc2OCc2ccccc2)n1. The molecule has 3 rings (SSSR count). The van der Waals surface area contributed by atoms with Crippen LogP contribution in [0.3, 0.4) is 0 Å². The lowest BCUT2D eigenvalue weighted by Gasteiger charge is -2.12. The average Bonchev–Trinajstić information content (AvgIpc) is 2.62. The van der Waals surface area contributed by atoms with Crippen molar-refractivity contribution in [3.63, 3.8) is 0 Å². The van der Waals surface area contributed by atoms with E-state index in [9.17, 15) is 0 Å². The Morgan fingerprint density at radius 1 is 0.833 bits per heavy atom. The summed E-state index contributed by atoms with van der Waals surface area (Å²) in [4.78, 5) is 4.51.